The van der Waals surface area contributed by atoms with Gasteiger partial charge in [-0.25, -0.2) is 0 Å². The van der Waals surface area contributed by atoms with Crippen LogP contribution in [-0.2, 0) is 66.1 Å². The highest BCUT2D eigenvalue weighted by Crippen LogP contribution is 2.23. The predicted octanol–water partition coefficient (Wildman–Crippen LogP) is 7.99. The Morgan fingerprint density at radius 2 is 0.772 bits per heavy atom. The van der Waals surface area contributed by atoms with Crippen LogP contribution in [0.25, 0.3) is 0 Å². The lowest BCUT2D eigenvalue weighted by molar-refractivity contribution is -0.359. The van der Waals surface area contributed by atoms with Gasteiger partial charge in [0.2, 0.25) is 0 Å². The van der Waals surface area contributed by atoms with Gasteiger partial charge in [0.1, 0.15) is 19.0 Å². The van der Waals surface area contributed by atoms with Crippen LogP contribution in [0.5, 0.6) is 0 Å². The van der Waals surface area contributed by atoms with Crippen LogP contribution >= 0.6 is 95.2 Å². The molecule has 30 heteroatoms. The molecule has 0 aliphatic rings. The zero-order valence-corrected chi connectivity index (χ0v) is 36.9. The summed E-state index contributed by atoms with van der Waals surface area (Å²) in [5.74, 6) is 2.15. The summed E-state index contributed by atoms with van der Waals surface area (Å²) < 4.78 is 151. The molecule has 0 radical (unpaired) electrons. The molecule has 0 N–H and O–H groups in total. The minimum atomic E-state index is -0.840. The molecule has 0 amide bonds. The van der Waals surface area contributed by atoms with Crippen molar-refractivity contribution in [1.29, 1.82) is 0 Å². The molecule has 6 atom stereocenters. The minimum absolute atomic E-state index is 0.00509. The van der Waals surface area contributed by atoms with Crippen LogP contribution < -0.4 is 0 Å². The van der Waals surface area contributed by atoms with E-state index in [0.717, 1.165) is 0 Å². The van der Waals surface area contributed by atoms with Crippen molar-refractivity contribution in [3.8, 4) is 0 Å². The Balaban J connectivity index is 5.48. The normalized spacial score (nSPS) is 15.2. The van der Waals surface area contributed by atoms with E-state index in [1.165, 1.54) is 47.0 Å². The first-order valence-corrected chi connectivity index (χ1v) is 24.4. The summed E-state index contributed by atoms with van der Waals surface area (Å²) in [6, 6.07) is 0. The Morgan fingerprint density at radius 3 is 1.21 bits per heavy atom. The molecule has 0 aliphatic heterocycles. The summed E-state index contributed by atoms with van der Waals surface area (Å²) >= 11 is 7.57. The van der Waals surface area contributed by atoms with Crippen LogP contribution in [0.1, 0.15) is 0 Å². The summed E-state index contributed by atoms with van der Waals surface area (Å²) in [5.41, 5.74) is 0. The molecule has 0 fully saturated rings. The topological polar surface area (TPSA) is 129 Å². The Morgan fingerprint density at radius 1 is 0.386 bits per heavy atom. The highest BCUT2D eigenvalue weighted by molar-refractivity contribution is 8.03. The molecular weight excluding hydrogens is 957 g/mol. The maximum absolute atomic E-state index is 12.9. The second-order valence-electron chi connectivity index (χ2n) is 10.3. The number of hydrogen-bond donors (Lipinski definition) is 0. The van der Waals surface area contributed by atoms with E-state index in [-0.39, 0.29) is 93.2 Å². The molecule has 0 saturated carbocycles. The van der Waals surface area contributed by atoms with Gasteiger partial charge in [0, 0.05) is 105 Å². The van der Waals surface area contributed by atoms with E-state index >= 15 is 0 Å². The molecular formula is C27H48F8O14S8. The van der Waals surface area contributed by atoms with Crippen molar-refractivity contribution in [2.24, 2.45) is 0 Å². The Kier molecular flexibility index (Phi) is 48.6. The largest absolute Gasteiger partial charge is 0.377 e. The predicted molar refractivity (Wildman–Crippen MR) is 210 cm³/mol. The third kappa shape index (κ3) is 39.0. The zero-order valence-electron chi connectivity index (χ0n) is 30.3. The lowest BCUT2D eigenvalue weighted by Gasteiger charge is -2.24. The average Bonchev–Trinajstić information content (AvgIpc) is 3.22. The molecule has 57 heavy (non-hydrogen) atoms. The fraction of sp³-hybridized carbons (Fsp3) is 1.00. The molecule has 0 aromatic carbocycles. The highest BCUT2D eigenvalue weighted by atomic mass is 32.2. The van der Waals surface area contributed by atoms with Crippen LogP contribution in [-0.4, -0.2) is 166 Å². The summed E-state index contributed by atoms with van der Waals surface area (Å²) in [6.07, 6.45) is -1.47. The van der Waals surface area contributed by atoms with E-state index < -0.39 is 49.4 Å². The second kappa shape index (κ2) is 47.2. The van der Waals surface area contributed by atoms with Crippen LogP contribution in [0, 0.1) is 0 Å². The van der Waals surface area contributed by atoms with Crippen LogP contribution in [0.2, 0.25) is 0 Å². The second-order valence-corrected chi connectivity index (χ2v) is 18.8. The Hall–Kier alpha value is 1.68. The first-order chi connectivity index (χ1) is 28.0. The van der Waals surface area contributed by atoms with Crippen molar-refractivity contribution in [1.82, 2.24) is 0 Å². The molecule has 0 aliphatic carbocycles. The van der Waals surface area contributed by atoms with E-state index in [2.05, 4.69) is 37.7 Å². The van der Waals surface area contributed by atoms with Gasteiger partial charge in [0.05, 0.1) is 90.1 Å². The van der Waals surface area contributed by atoms with Gasteiger partial charge in [-0.1, -0.05) is 0 Å². The fourth-order valence-corrected chi connectivity index (χ4v) is 9.55. The standard InChI is InChI=1S/C27H48F8O14S8/c28-1-5-50-17-24(52-7-3-30)13-36-9-22(40-15-25(53-8-4-31)18-51-6-2-29)11-38-21-39-12-23(41-16-27(57-49-45-35)20-55-47-43-33)10-37-14-26(56-48-44-34)19-54-46-42-32/h22-27H,1-21H2. The fourth-order valence-electron chi connectivity index (χ4n) is 3.70. The third-order valence-electron chi connectivity index (χ3n) is 5.99. The van der Waals surface area contributed by atoms with Crippen LogP contribution in [0.4, 0.5) is 35.7 Å². The molecule has 0 aromatic rings. The average molecular weight is 1010 g/mol. The minimum Gasteiger partial charge on any atom is -0.377 e. The van der Waals surface area contributed by atoms with Crippen LogP contribution in [0.15, 0.2) is 0 Å². The van der Waals surface area contributed by atoms with E-state index in [4.69, 9.17) is 28.4 Å². The van der Waals surface area contributed by atoms with Crippen LogP contribution in [0.3, 0.4) is 0 Å². The van der Waals surface area contributed by atoms with Gasteiger partial charge in [0.15, 0.2) is 0 Å². The zero-order chi connectivity index (χ0) is 41.9. The first-order valence-electron chi connectivity index (χ1n) is 16.5. The quantitative estimate of drug-likeness (QED) is 0.0146. The number of halogens is 8. The van der Waals surface area contributed by atoms with E-state index in [1.807, 2.05) is 0 Å². The molecule has 0 spiro atoms. The van der Waals surface area contributed by atoms with Crippen molar-refractivity contribution >= 4 is 95.2 Å². The monoisotopic (exact) mass is 1000 g/mol. The lowest BCUT2D eigenvalue weighted by Crippen LogP contribution is -2.33. The lowest BCUT2D eigenvalue weighted by atomic mass is 10.4. The van der Waals surface area contributed by atoms with E-state index in [9.17, 15) is 35.7 Å². The number of ether oxygens (including phenoxy) is 6. The van der Waals surface area contributed by atoms with Gasteiger partial charge in [0.25, 0.3) is 0 Å². The molecule has 14 nitrogen and oxygen atoms in total. The summed E-state index contributed by atoms with van der Waals surface area (Å²) in [4.78, 5) is 0. The maximum Gasteiger partial charge on any atom is 0.146 e. The molecule has 6 unspecified atom stereocenters. The van der Waals surface area contributed by atoms with Crippen molar-refractivity contribution in [3.05, 3.63) is 0 Å². The van der Waals surface area contributed by atoms with Gasteiger partial charge < -0.3 is 28.4 Å². The van der Waals surface area contributed by atoms with Crippen molar-refractivity contribution in [3.63, 3.8) is 0 Å². The number of rotatable bonds is 48. The Bertz CT molecular complexity index is 766. The molecule has 0 bridgehead atoms. The number of hydrogen-bond acceptors (Lipinski definition) is 22. The maximum atomic E-state index is 12.9. The van der Waals surface area contributed by atoms with Crippen molar-refractivity contribution in [2.75, 3.05) is 132 Å². The third-order valence-corrected chi connectivity index (χ3v) is 14.1. The SMILES string of the molecule is FCCSCC(COCC(COCOCC(COCC(CSOOF)SOOF)OCC(CSOOF)SOOF)OCC(CSCCF)SCCF)SCCF. The van der Waals surface area contributed by atoms with E-state index in [0.29, 0.717) is 71.2 Å². The van der Waals surface area contributed by atoms with Crippen molar-refractivity contribution < 1.29 is 102 Å². The summed E-state index contributed by atoms with van der Waals surface area (Å²) in [5, 5.41) is 10.6. The Labute approximate surface area is 360 Å². The molecule has 0 saturated heterocycles. The van der Waals surface area contributed by atoms with E-state index in [1.54, 1.807) is 0 Å². The van der Waals surface area contributed by atoms with Crippen molar-refractivity contribution in [2.45, 2.75) is 33.2 Å². The molecule has 344 valence electrons. The summed E-state index contributed by atoms with van der Waals surface area (Å²) in [6.45, 7) is -2.46. The van der Waals surface area contributed by atoms with Gasteiger partial charge in [-0.05, 0) is 38.5 Å². The summed E-state index contributed by atoms with van der Waals surface area (Å²) in [7, 11) is 0. The van der Waals surface area contributed by atoms with Gasteiger partial charge in [-0.2, -0.15) is 47.0 Å². The smallest absolute Gasteiger partial charge is 0.146 e. The molecule has 0 rings (SSSR count). The number of alkyl halides is 4. The van der Waals surface area contributed by atoms with Gasteiger partial charge in [-0.3, -0.25) is 17.6 Å². The number of thioether (sulfide) groups is 4. The van der Waals surface area contributed by atoms with Gasteiger partial charge >= 0.3 is 0 Å². The molecule has 0 aromatic heterocycles. The highest BCUT2D eigenvalue weighted by Gasteiger charge is 2.21. The first kappa shape index (κ1) is 58.7. The molecule has 0 heterocycles. The van der Waals surface area contributed by atoms with Gasteiger partial charge in [-0.15, -0.1) is 17.3 Å².